The Balaban J connectivity index is 1.85. The van der Waals surface area contributed by atoms with E-state index in [-0.39, 0.29) is 24.2 Å². The van der Waals surface area contributed by atoms with Gasteiger partial charge in [0.2, 0.25) is 5.91 Å². The molecule has 0 aliphatic carbocycles. The van der Waals surface area contributed by atoms with Crippen molar-refractivity contribution in [3.8, 4) is 0 Å². The zero-order valence-corrected chi connectivity index (χ0v) is 15.8. The number of amides is 2. The van der Waals surface area contributed by atoms with E-state index in [9.17, 15) is 23.6 Å². The lowest BCUT2D eigenvalue weighted by Gasteiger charge is -2.07. The third-order valence-corrected chi connectivity index (χ3v) is 4.03. The fourth-order valence-corrected chi connectivity index (χ4v) is 2.37. The van der Waals surface area contributed by atoms with Gasteiger partial charge in [-0.3, -0.25) is 19.0 Å². The van der Waals surface area contributed by atoms with Crippen LogP contribution < -0.4 is 21.9 Å². The second-order valence-corrected chi connectivity index (χ2v) is 6.19. The molecule has 0 bridgehead atoms. The number of halogens is 1. The molecule has 0 unspecified atom stereocenters. The summed E-state index contributed by atoms with van der Waals surface area (Å²) in [5.41, 5.74) is -0.140. The van der Waals surface area contributed by atoms with Crippen LogP contribution in [-0.2, 0) is 18.9 Å². The lowest BCUT2D eigenvalue weighted by Crippen LogP contribution is -2.37. The highest BCUT2D eigenvalue weighted by atomic mass is 19.1. The number of carbonyl (C=O) groups excluding carboxylic acids is 2. The molecule has 0 aliphatic rings. The average Bonchev–Trinajstić information content (AvgIpc) is 2.67. The van der Waals surface area contributed by atoms with Gasteiger partial charge in [-0.15, -0.1) is 0 Å². The Morgan fingerprint density at radius 3 is 2.50 bits per heavy atom. The second kappa shape index (κ2) is 8.94. The van der Waals surface area contributed by atoms with Crippen LogP contribution in [0.25, 0.3) is 6.08 Å². The lowest BCUT2D eigenvalue weighted by atomic mass is 10.1. The molecule has 0 aliphatic heterocycles. The van der Waals surface area contributed by atoms with E-state index >= 15 is 0 Å². The number of aromatic nitrogens is 2. The Morgan fingerprint density at radius 1 is 1.14 bits per heavy atom. The molecule has 28 heavy (non-hydrogen) atoms. The smallest absolute Gasteiger partial charge is 0.330 e. The number of rotatable bonds is 6. The first-order chi connectivity index (χ1) is 13.2. The summed E-state index contributed by atoms with van der Waals surface area (Å²) >= 11 is 0. The number of hydrogen-bond donors (Lipinski definition) is 2. The van der Waals surface area contributed by atoms with Crippen LogP contribution in [-0.4, -0.2) is 34.0 Å². The summed E-state index contributed by atoms with van der Waals surface area (Å²) in [5.74, 6) is -1.38. The Bertz CT molecular complexity index is 1050. The maximum atomic E-state index is 13.5. The van der Waals surface area contributed by atoms with E-state index in [0.717, 1.165) is 10.6 Å². The summed E-state index contributed by atoms with van der Waals surface area (Å²) in [6, 6.07) is 4.18. The minimum absolute atomic E-state index is 0.147. The van der Waals surface area contributed by atoms with E-state index in [1.165, 1.54) is 49.1 Å². The number of hydrogen-bond acceptors (Lipinski definition) is 4. The molecule has 0 spiro atoms. The Morgan fingerprint density at radius 2 is 1.82 bits per heavy atom. The predicted molar refractivity (Wildman–Crippen MR) is 102 cm³/mol. The van der Waals surface area contributed by atoms with Crippen LogP contribution >= 0.6 is 0 Å². The summed E-state index contributed by atoms with van der Waals surface area (Å²) in [4.78, 5) is 47.3. The second-order valence-electron chi connectivity index (χ2n) is 6.19. The maximum Gasteiger partial charge on any atom is 0.330 e. The molecule has 0 saturated carbocycles. The lowest BCUT2D eigenvalue weighted by molar-refractivity contribution is -0.116. The normalized spacial score (nSPS) is 10.9. The van der Waals surface area contributed by atoms with E-state index < -0.39 is 28.9 Å². The van der Waals surface area contributed by atoms with E-state index in [1.54, 1.807) is 6.92 Å². The summed E-state index contributed by atoms with van der Waals surface area (Å²) in [5, 5.41) is 5.12. The van der Waals surface area contributed by atoms with Gasteiger partial charge in [-0.1, -0.05) is 6.07 Å². The molecule has 2 amide bonds. The highest BCUT2D eigenvalue weighted by molar-refractivity contribution is 5.94. The van der Waals surface area contributed by atoms with E-state index in [2.05, 4.69) is 10.6 Å². The van der Waals surface area contributed by atoms with Gasteiger partial charge >= 0.3 is 5.69 Å². The van der Waals surface area contributed by atoms with Crippen LogP contribution in [0.2, 0.25) is 0 Å². The number of aryl methyl sites for hydroxylation is 2. The SMILES string of the molecule is Cc1ccc(C(=O)NCCNC(=O)/C=C/c2cn(C)c(=O)n(C)c2=O)cc1F. The first-order valence-electron chi connectivity index (χ1n) is 8.47. The molecule has 9 heteroatoms. The molecule has 2 N–H and O–H groups in total. The van der Waals surface area contributed by atoms with Crippen LogP contribution in [0.1, 0.15) is 21.5 Å². The average molecular weight is 388 g/mol. The van der Waals surface area contributed by atoms with Gasteiger partial charge in [0.25, 0.3) is 11.5 Å². The van der Waals surface area contributed by atoms with Crippen molar-refractivity contribution >= 4 is 17.9 Å². The maximum absolute atomic E-state index is 13.5. The minimum Gasteiger partial charge on any atom is -0.351 e. The van der Waals surface area contributed by atoms with Gasteiger partial charge in [0, 0.05) is 45.0 Å². The quantitative estimate of drug-likeness (QED) is 0.541. The summed E-state index contributed by atoms with van der Waals surface area (Å²) in [7, 11) is 2.85. The van der Waals surface area contributed by atoms with Crippen LogP contribution in [0.4, 0.5) is 4.39 Å². The third-order valence-electron chi connectivity index (χ3n) is 4.03. The highest BCUT2D eigenvalue weighted by Gasteiger charge is 2.08. The number of carbonyl (C=O) groups is 2. The van der Waals surface area contributed by atoms with Gasteiger partial charge in [-0.25, -0.2) is 9.18 Å². The standard InChI is InChI=1S/C19H21FN4O4/c1-12-4-5-13(10-15(12)20)17(26)22-9-8-21-16(25)7-6-14-11-23(2)19(28)24(3)18(14)27/h4-7,10-11H,8-9H2,1-3H3,(H,21,25)(H,22,26)/b7-6+. The van der Waals surface area contributed by atoms with Gasteiger partial charge in [-0.05, 0) is 30.7 Å². The van der Waals surface area contributed by atoms with Crippen molar-refractivity contribution in [2.75, 3.05) is 13.1 Å². The number of nitrogens with one attached hydrogen (secondary N) is 2. The van der Waals surface area contributed by atoms with Gasteiger partial charge < -0.3 is 15.2 Å². The van der Waals surface area contributed by atoms with Crippen LogP contribution in [0.3, 0.4) is 0 Å². The molecule has 0 saturated heterocycles. The highest BCUT2D eigenvalue weighted by Crippen LogP contribution is 2.08. The van der Waals surface area contributed by atoms with Gasteiger partial charge in [-0.2, -0.15) is 0 Å². The van der Waals surface area contributed by atoms with Crippen molar-refractivity contribution in [1.82, 2.24) is 19.8 Å². The van der Waals surface area contributed by atoms with Gasteiger partial charge in [0.15, 0.2) is 0 Å². The van der Waals surface area contributed by atoms with Crippen LogP contribution in [0.5, 0.6) is 0 Å². The molecule has 0 atom stereocenters. The number of benzene rings is 1. The molecule has 8 nitrogen and oxygen atoms in total. The van der Waals surface area contributed by atoms with E-state index in [1.807, 2.05) is 0 Å². The fourth-order valence-electron chi connectivity index (χ4n) is 2.37. The predicted octanol–water partition coefficient (Wildman–Crippen LogP) is 0.0909. The molecule has 0 radical (unpaired) electrons. The zero-order chi connectivity index (χ0) is 20.8. The molecule has 2 aromatic rings. The molecule has 148 valence electrons. The molecular weight excluding hydrogens is 367 g/mol. The van der Waals surface area contributed by atoms with Crippen LogP contribution in [0.15, 0.2) is 40.1 Å². The van der Waals surface area contributed by atoms with Crippen molar-refractivity contribution in [3.63, 3.8) is 0 Å². The van der Waals surface area contributed by atoms with E-state index in [4.69, 9.17) is 0 Å². The number of nitrogens with zero attached hydrogens (tertiary/aromatic N) is 2. The monoisotopic (exact) mass is 388 g/mol. The van der Waals surface area contributed by atoms with E-state index in [0.29, 0.717) is 5.56 Å². The van der Waals surface area contributed by atoms with Gasteiger partial charge in [0.1, 0.15) is 5.82 Å². The fraction of sp³-hybridized carbons (Fsp3) is 0.263. The molecule has 0 fully saturated rings. The van der Waals surface area contributed by atoms with Crippen molar-refractivity contribution in [2.45, 2.75) is 6.92 Å². The molecule has 1 aromatic carbocycles. The third kappa shape index (κ3) is 5.03. The van der Waals surface area contributed by atoms with Crippen molar-refractivity contribution in [2.24, 2.45) is 14.1 Å². The topological polar surface area (TPSA) is 102 Å². The first-order valence-corrected chi connectivity index (χ1v) is 8.47. The summed E-state index contributed by atoms with van der Waals surface area (Å²) in [6.07, 6.45) is 3.82. The summed E-state index contributed by atoms with van der Waals surface area (Å²) < 4.78 is 15.7. The first kappa shape index (κ1) is 20.8. The largest absolute Gasteiger partial charge is 0.351 e. The zero-order valence-electron chi connectivity index (χ0n) is 15.8. The van der Waals surface area contributed by atoms with Crippen molar-refractivity contribution in [1.29, 1.82) is 0 Å². The molecule has 1 heterocycles. The van der Waals surface area contributed by atoms with Gasteiger partial charge in [0.05, 0.1) is 5.56 Å². The molecule has 1 aromatic heterocycles. The Kier molecular flexibility index (Phi) is 6.64. The molecular formula is C19H21FN4O4. The minimum atomic E-state index is -0.509. The van der Waals surface area contributed by atoms with Crippen molar-refractivity contribution < 1.29 is 14.0 Å². The van der Waals surface area contributed by atoms with Crippen LogP contribution in [0, 0.1) is 12.7 Å². The summed E-state index contributed by atoms with van der Waals surface area (Å²) in [6.45, 7) is 1.90. The Hall–Kier alpha value is -3.49. The van der Waals surface area contributed by atoms with Crippen molar-refractivity contribution in [3.05, 3.63) is 73.8 Å². The molecule has 2 rings (SSSR count). The Labute approximate surface area is 160 Å².